The van der Waals surface area contributed by atoms with E-state index in [1.54, 1.807) is 6.20 Å². The first-order chi connectivity index (χ1) is 7.74. The van der Waals surface area contributed by atoms with E-state index in [2.05, 4.69) is 12.0 Å². The van der Waals surface area contributed by atoms with Gasteiger partial charge in [-0.2, -0.15) is 5.10 Å². The average molecular weight is 242 g/mol. The fourth-order valence-electron chi connectivity index (χ4n) is 2.63. The third kappa shape index (κ3) is 2.25. The number of hydrogen-bond donors (Lipinski definition) is 1. The van der Waals surface area contributed by atoms with Gasteiger partial charge in [0.15, 0.2) is 0 Å². The number of nitrogens with two attached hydrogens (primary N) is 1. The first-order valence-electron chi connectivity index (χ1n) is 6.20. The molecular weight excluding hydrogens is 222 g/mol. The molecule has 1 unspecified atom stereocenters. The van der Waals surface area contributed by atoms with E-state index in [9.17, 15) is 0 Å². The SMILES string of the molecule is CCCn1ncc(Cl)c1C(N)C1CCCC1. The molecule has 1 aliphatic rings. The number of aryl methyl sites for hydroxylation is 1. The van der Waals surface area contributed by atoms with Gasteiger partial charge in [-0.1, -0.05) is 31.4 Å². The smallest absolute Gasteiger partial charge is 0.0834 e. The Morgan fingerprint density at radius 1 is 1.56 bits per heavy atom. The monoisotopic (exact) mass is 241 g/mol. The maximum Gasteiger partial charge on any atom is 0.0834 e. The van der Waals surface area contributed by atoms with Gasteiger partial charge in [0.05, 0.1) is 23.0 Å². The maximum absolute atomic E-state index is 6.33. The zero-order chi connectivity index (χ0) is 11.5. The van der Waals surface area contributed by atoms with Crippen LogP contribution in [-0.2, 0) is 6.54 Å². The average Bonchev–Trinajstić information content (AvgIpc) is 2.88. The Labute approximate surface area is 102 Å². The van der Waals surface area contributed by atoms with E-state index < -0.39 is 0 Å². The topological polar surface area (TPSA) is 43.8 Å². The van der Waals surface area contributed by atoms with Crippen LogP contribution < -0.4 is 5.73 Å². The normalized spacial score (nSPS) is 19.2. The highest BCUT2D eigenvalue weighted by Crippen LogP contribution is 2.36. The predicted molar refractivity (Wildman–Crippen MR) is 66.4 cm³/mol. The van der Waals surface area contributed by atoms with Crippen molar-refractivity contribution in [3.05, 3.63) is 16.9 Å². The molecule has 2 N–H and O–H groups in total. The highest BCUT2D eigenvalue weighted by atomic mass is 35.5. The Morgan fingerprint density at radius 2 is 2.25 bits per heavy atom. The van der Waals surface area contributed by atoms with Crippen LogP contribution in [0.3, 0.4) is 0 Å². The highest BCUT2D eigenvalue weighted by molar-refractivity contribution is 6.31. The molecule has 90 valence electrons. The van der Waals surface area contributed by atoms with E-state index in [-0.39, 0.29) is 6.04 Å². The summed E-state index contributed by atoms with van der Waals surface area (Å²) in [6.45, 7) is 3.04. The van der Waals surface area contributed by atoms with Crippen molar-refractivity contribution in [3.63, 3.8) is 0 Å². The first-order valence-corrected chi connectivity index (χ1v) is 6.58. The van der Waals surface area contributed by atoms with Gasteiger partial charge >= 0.3 is 0 Å². The molecule has 4 heteroatoms. The number of rotatable bonds is 4. The van der Waals surface area contributed by atoms with Crippen molar-refractivity contribution in [2.45, 2.75) is 51.6 Å². The van der Waals surface area contributed by atoms with Crippen molar-refractivity contribution in [1.29, 1.82) is 0 Å². The summed E-state index contributed by atoms with van der Waals surface area (Å²) < 4.78 is 1.98. The van der Waals surface area contributed by atoms with Crippen molar-refractivity contribution in [2.75, 3.05) is 0 Å². The molecule has 2 rings (SSSR count). The summed E-state index contributed by atoms with van der Waals surface area (Å²) >= 11 is 6.19. The van der Waals surface area contributed by atoms with Crippen LogP contribution in [0.25, 0.3) is 0 Å². The summed E-state index contributed by atoms with van der Waals surface area (Å²) in [7, 11) is 0. The standard InChI is InChI=1S/C12H20ClN3/c1-2-7-16-12(10(13)8-15-16)11(14)9-5-3-4-6-9/h8-9,11H,2-7,14H2,1H3. The number of nitrogens with zero attached hydrogens (tertiary/aromatic N) is 2. The zero-order valence-electron chi connectivity index (χ0n) is 9.82. The molecule has 16 heavy (non-hydrogen) atoms. The summed E-state index contributed by atoms with van der Waals surface area (Å²) in [6.07, 6.45) is 7.85. The molecule has 0 aromatic carbocycles. The minimum atomic E-state index is 0.0593. The largest absolute Gasteiger partial charge is 0.322 e. The van der Waals surface area contributed by atoms with Crippen LogP contribution in [0.5, 0.6) is 0 Å². The second kappa shape index (κ2) is 5.19. The number of aromatic nitrogens is 2. The molecular formula is C12H20ClN3. The Hall–Kier alpha value is -0.540. The second-order valence-corrected chi connectivity index (χ2v) is 5.08. The summed E-state index contributed by atoms with van der Waals surface area (Å²) in [5.74, 6) is 0.588. The van der Waals surface area contributed by atoms with Gasteiger partial charge in [-0.05, 0) is 25.2 Å². The van der Waals surface area contributed by atoms with Crippen molar-refractivity contribution in [1.82, 2.24) is 9.78 Å². The van der Waals surface area contributed by atoms with Gasteiger partial charge in [0.25, 0.3) is 0 Å². The van der Waals surface area contributed by atoms with Crippen LogP contribution in [0.1, 0.15) is 50.8 Å². The van der Waals surface area contributed by atoms with E-state index in [4.69, 9.17) is 17.3 Å². The molecule has 1 fully saturated rings. The molecule has 1 aliphatic carbocycles. The molecule has 1 aromatic rings. The molecule has 1 saturated carbocycles. The van der Waals surface area contributed by atoms with Crippen LogP contribution in [0.2, 0.25) is 5.02 Å². The molecule has 0 amide bonds. The third-order valence-corrected chi connectivity index (χ3v) is 3.78. The number of hydrogen-bond acceptors (Lipinski definition) is 2. The summed E-state index contributed by atoms with van der Waals surface area (Å²) in [5.41, 5.74) is 7.37. The molecule has 0 aliphatic heterocycles. The van der Waals surface area contributed by atoms with Crippen LogP contribution in [-0.4, -0.2) is 9.78 Å². The van der Waals surface area contributed by atoms with E-state index >= 15 is 0 Å². The molecule has 0 saturated heterocycles. The Morgan fingerprint density at radius 3 is 2.88 bits per heavy atom. The molecule has 1 heterocycles. The molecule has 0 bridgehead atoms. The van der Waals surface area contributed by atoms with Gasteiger partial charge in [0.2, 0.25) is 0 Å². The van der Waals surface area contributed by atoms with Gasteiger partial charge in [0.1, 0.15) is 0 Å². The molecule has 1 aromatic heterocycles. The maximum atomic E-state index is 6.33. The molecule has 0 radical (unpaired) electrons. The lowest BCUT2D eigenvalue weighted by molar-refractivity contribution is 0.411. The second-order valence-electron chi connectivity index (χ2n) is 4.67. The zero-order valence-corrected chi connectivity index (χ0v) is 10.6. The quantitative estimate of drug-likeness (QED) is 0.880. The lowest BCUT2D eigenvalue weighted by Crippen LogP contribution is -2.23. The van der Waals surface area contributed by atoms with E-state index in [0.29, 0.717) is 5.92 Å². The minimum absolute atomic E-state index is 0.0593. The predicted octanol–water partition coefficient (Wildman–Crippen LogP) is 3.14. The van der Waals surface area contributed by atoms with E-state index in [1.165, 1.54) is 25.7 Å². The van der Waals surface area contributed by atoms with Gasteiger partial charge in [0, 0.05) is 6.54 Å². The molecule has 3 nitrogen and oxygen atoms in total. The van der Waals surface area contributed by atoms with Gasteiger partial charge in [-0.3, -0.25) is 4.68 Å². The Balaban J connectivity index is 2.19. The molecule has 0 spiro atoms. The van der Waals surface area contributed by atoms with Gasteiger partial charge < -0.3 is 5.73 Å². The van der Waals surface area contributed by atoms with Crippen LogP contribution in [0, 0.1) is 5.92 Å². The summed E-state index contributed by atoms with van der Waals surface area (Å²) in [5, 5.41) is 5.03. The third-order valence-electron chi connectivity index (χ3n) is 3.49. The fraction of sp³-hybridized carbons (Fsp3) is 0.750. The molecule has 1 atom stereocenters. The summed E-state index contributed by atoms with van der Waals surface area (Å²) in [6, 6.07) is 0.0593. The lowest BCUT2D eigenvalue weighted by Gasteiger charge is -2.20. The van der Waals surface area contributed by atoms with Crippen molar-refractivity contribution < 1.29 is 0 Å². The van der Waals surface area contributed by atoms with Crippen molar-refractivity contribution >= 4 is 11.6 Å². The van der Waals surface area contributed by atoms with E-state index in [0.717, 1.165) is 23.7 Å². The highest BCUT2D eigenvalue weighted by Gasteiger charge is 2.27. The minimum Gasteiger partial charge on any atom is -0.322 e. The Kier molecular flexibility index (Phi) is 3.87. The fourth-order valence-corrected chi connectivity index (χ4v) is 2.90. The summed E-state index contributed by atoms with van der Waals surface area (Å²) in [4.78, 5) is 0. The van der Waals surface area contributed by atoms with Crippen molar-refractivity contribution in [2.24, 2.45) is 11.7 Å². The van der Waals surface area contributed by atoms with Gasteiger partial charge in [-0.15, -0.1) is 0 Å². The van der Waals surface area contributed by atoms with Crippen LogP contribution >= 0.6 is 11.6 Å². The van der Waals surface area contributed by atoms with E-state index in [1.807, 2.05) is 4.68 Å². The first kappa shape index (κ1) is 11.9. The Bertz CT molecular complexity index is 342. The van der Waals surface area contributed by atoms with Crippen LogP contribution in [0.4, 0.5) is 0 Å². The van der Waals surface area contributed by atoms with Gasteiger partial charge in [-0.25, -0.2) is 0 Å². The van der Waals surface area contributed by atoms with Crippen molar-refractivity contribution in [3.8, 4) is 0 Å². The lowest BCUT2D eigenvalue weighted by atomic mass is 9.96. The van der Waals surface area contributed by atoms with Crippen LogP contribution in [0.15, 0.2) is 6.20 Å². The number of halogens is 1.